The molecule has 0 aromatic carbocycles. The molecule has 5 nitrogen and oxygen atoms in total. The van der Waals surface area contributed by atoms with Crippen LogP contribution in [0.25, 0.3) is 0 Å². The quantitative estimate of drug-likeness (QED) is 0.767. The third kappa shape index (κ3) is 2.49. The molecule has 0 saturated carbocycles. The van der Waals surface area contributed by atoms with Crippen LogP contribution in [0.2, 0.25) is 0 Å². The van der Waals surface area contributed by atoms with Crippen molar-refractivity contribution in [1.29, 1.82) is 0 Å². The van der Waals surface area contributed by atoms with Crippen molar-refractivity contribution < 1.29 is 4.74 Å². The van der Waals surface area contributed by atoms with Crippen LogP contribution in [0.1, 0.15) is 12.5 Å². The Morgan fingerprint density at radius 2 is 2.06 bits per heavy atom. The second-order valence-electron chi connectivity index (χ2n) is 3.14. The third-order valence-corrected chi connectivity index (χ3v) is 2.29. The smallest absolute Gasteiger partial charge is 0.321 e. The van der Waals surface area contributed by atoms with Crippen LogP contribution in [0.15, 0.2) is 24.8 Å². The predicted molar refractivity (Wildman–Crippen MR) is 59.6 cm³/mol. The Morgan fingerprint density at radius 1 is 1.31 bits per heavy atom. The molecule has 0 unspecified atom stereocenters. The molecule has 2 heterocycles. The topological polar surface area (TPSA) is 52.8 Å². The standard InChI is InChI=1S/C10H11ClN4O/c1-2-15-7-9(6-14-15)16-10-12-4-8(3-11)5-13-10/h4-7H,2-3H2,1H3. The van der Waals surface area contributed by atoms with Gasteiger partial charge >= 0.3 is 6.01 Å². The van der Waals surface area contributed by atoms with Crippen molar-refractivity contribution in [2.75, 3.05) is 0 Å². The first kappa shape index (κ1) is 10.9. The maximum atomic E-state index is 5.63. The van der Waals surface area contributed by atoms with Crippen LogP contribution in [0, 0.1) is 0 Å². The summed E-state index contributed by atoms with van der Waals surface area (Å²) in [6.07, 6.45) is 6.69. The van der Waals surface area contributed by atoms with Crippen LogP contribution in [-0.4, -0.2) is 19.7 Å². The van der Waals surface area contributed by atoms with Crippen LogP contribution < -0.4 is 4.74 Å². The minimum absolute atomic E-state index is 0.296. The van der Waals surface area contributed by atoms with E-state index in [2.05, 4.69) is 15.1 Å². The average Bonchev–Trinajstić information content (AvgIpc) is 2.78. The van der Waals surface area contributed by atoms with E-state index in [4.69, 9.17) is 16.3 Å². The van der Waals surface area contributed by atoms with Crippen molar-refractivity contribution in [2.24, 2.45) is 0 Å². The van der Waals surface area contributed by atoms with E-state index in [1.807, 2.05) is 6.92 Å². The summed E-state index contributed by atoms with van der Waals surface area (Å²) in [7, 11) is 0. The highest BCUT2D eigenvalue weighted by Gasteiger charge is 2.02. The largest absolute Gasteiger partial charge is 0.421 e. The van der Waals surface area contributed by atoms with Crippen molar-refractivity contribution >= 4 is 11.6 Å². The van der Waals surface area contributed by atoms with E-state index in [1.54, 1.807) is 29.5 Å². The van der Waals surface area contributed by atoms with E-state index in [1.165, 1.54) is 0 Å². The van der Waals surface area contributed by atoms with Crippen molar-refractivity contribution in [3.05, 3.63) is 30.4 Å². The van der Waals surface area contributed by atoms with Crippen LogP contribution in [0.5, 0.6) is 11.8 Å². The summed E-state index contributed by atoms with van der Waals surface area (Å²) in [5.74, 6) is 1.02. The zero-order valence-corrected chi connectivity index (χ0v) is 9.55. The molecule has 0 aliphatic rings. The van der Waals surface area contributed by atoms with Crippen LogP contribution >= 0.6 is 11.6 Å². The van der Waals surface area contributed by atoms with Gasteiger partial charge in [-0.25, -0.2) is 9.97 Å². The minimum atomic E-state index is 0.296. The van der Waals surface area contributed by atoms with E-state index in [9.17, 15) is 0 Å². The Kier molecular flexibility index (Phi) is 3.36. The van der Waals surface area contributed by atoms with Crippen molar-refractivity contribution in [3.8, 4) is 11.8 Å². The molecule has 84 valence electrons. The number of nitrogens with zero attached hydrogens (tertiary/aromatic N) is 4. The number of hydrogen-bond donors (Lipinski definition) is 0. The Morgan fingerprint density at radius 3 is 2.62 bits per heavy atom. The molecule has 0 aliphatic heterocycles. The SMILES string of the molecule is CCn1cc(Oc2ncc(CCl)cn2)cn1. The lowest BCUT2D eigenvalue weighted by Gasteiger charge is -2.00. The summed E-state index contributed by atoms with van der Waals surface area (Å²) in [6.45, 7) is 2.80. The molecule has 0 bridgehead atoms. The van der Waals surface area contributed by atoms with Gasteiger partial charge in [0.2, 0.25) is 0 Å². The molecule has 0 spiro atoms. The summed E-state index contributed by atoms with van der Waals surface area (Å²) in [6, 6.07) is 0.296. The third-order valence-electron chi connectivity index (χ3n) is 1.98. The Hall–Kier alpha value is -1.62. The fourth-order valence-electron chi connectivity index (χ4n) is 1.14. The first-order valence-electron chi connectivity index (χ1n) is 4.89. The second kappa shape index (κ2) is 4.94. The van der Waals surface area contributed by atoms with E-state index in [0.29, 0.717) is 17.6 Å². The summed E-state index contributed by atoms with van der Waals surface area (Å²) >= 11 is 5.63. The van der Waals surface area contributed by atoms with Crippen LogP contribution in [0.4, 0.5) is 0 Å². The molecule has 2 aromatic heterocycles. The molecule has 2 aromatic rings. The van der Waals surface area contributed by atoms with Gasteiger partial charge in [0.25, 0.3) is 0 Å². The number of aromatic nitrogens is 4. The zero-order valence-electron chi connectivity index (χ0n) is 8.80. The number of rotatable bonds is 4. The summed E-state index contributed by atoms with van der Waals surface area (Å²) in [5.41, 5.74) is 0.860. The van der Waals surface area contributed by atoms with Gasteiger partial charge < -0.3 is 4.74 Å². The predicted octanol–water partition coefficient (Wildman–Crippen LogP) is 2.22. The lowest BCUT2D eigenvalue weighted by molar-refractivity contribution is 0.440. The first-order valence-corrected chi connectivity index (χ1v) is 5.42. The summed E-state index contributed by atoms with van der Waals surface area (Å²) < 4.78 is 7.18. The van der Waals surface area contributed by atoms with Gasteiger partial charge in [0.1, 0.15) is 0 Å². The van der Waals surface area contributed by atoms with Gasteiger partial charge in [-0.2, -0.15) is 5.10 Å². The molecular weight excluding hydrogens is 228 g/mol. The monoisotopic (exact) mass is 238 g/mol. The van der Waals surface area contributed by atoms with Gasteiger partial charge in [0, 0.05) is 24.5 Å². The lowest BCUT2D eigenvalue weighted by atomic mass is 10.4. The molecule has 16 heavy (non-hydrogen) atoms. The van der Waals surface area contributed by atoms with Gasteiger partial charge in [0.05, 0.1) is 18.3 Å². The molecule has 0 aliphatic carbocycles. The maximum absolute atomic E-state index is 5.63. The fraction of sp³-hybridized carbons (Fsp3) is 0.300. The molecule has 0 fully saturated rings. The summed E-state index contributed by atoms with van der Waals surface area (Å²) in [5, 5.41) is 4.08. The van der Waals surface area contributed by atoms with E-state index in [-0.39, 0.29) is 0 Å². The number of hydrogen-bond acceptors (Lipinski definition) is 4. The molecule has 0 N–H and O–H groups in total. The molecule has 2 rings (SSSR count). The van der Waals surface area contributed by atoms with Crippen molar-refractivity contribution in [3.63, 3.8) is 0 Å². The van der Waals surface area contributed by atoms with Crippen molar-refractivity contribution in [2.45, 2.75) is 19.3 Å². The van der Waals surface area contributed by atoms with Gasteiger partial charge in [-0.1, -0.05) is 0 Å². The minimum Gasteiger partial charge on any atom is -0.421 e. The van der Waals surface area contributed by atoms with Crippen molar-refractivity contribution in [1.82, 2.24) is 19.7 Å². The maximum Gasteiger partial charge on any atom is 0.321 e. The van der Waals surface area contributed by atoms with E-state index in [0.717, 1.165) is 12.1 Å². The van der Waals surface area contributed by atoms with Crippen LogP contribution in [-0.2, 0) is 12.4 Å². The highest BCUT2D eigenvalue weighted by molar-refractivity contribution is 6.17. The van der Waals surface area contributed by atoms with E-state index >= 15 is 0 Å². The van der Waals surface area contributed by atoms with Gasteiger partial charge in [0.15, 0.2) is 5.75 Å². The van der Waals surface area contributed by atoms with E-state index < -0.39 is 0 Å². The summed E-state index contributed by atoms with van der Waals surface area (Å²) in [4.78, 5) is 8.05. The fourth-order valence-corrected chi connectivity index (χ4v) is 1.28. The van der Waals surface area contributed by atoms with Crippen LogP contribution in [0.3, 0.4) is 0 Å². The molecule has 0 atom stereocenters. The normalized spacial score (nSPS) is 10.4. The molecule has 0 amide bonds. The highest BCUT2D eigenvalue weighted by atomic mass is 35.5. The number of halogens is 1. The van der Waals surface area contributed by atoms with Gasteiger partial charge in [-0.3, -0.25) is 4.68 Å². The Labute approximate surface area is 98.0 Å². The molecule has 0 radical (unpaired) electrons. The lowest BCUT2D eigenvalue weighted by Crippen LogP contribution is -1.93. The number of ether oxygens (including phenoxy) is 1. The second-order valence-corrected chi connectivity index (χ2v) is 3.41. The molecular formula is C10H11ClN4O. The molecule has 0 saturated heterocycles. The number of alkyl halides is 1. The zero-order chi connectivity index (χ0) is 11.4. The highest BCUT2D eigenvalue weighted by Crippen LogP contribution is 2.16. The van der Waals surface area contributed by atoms with Gasteiger partial charge in [-0.05, 0) is 6.92 Å². The Bertz CT molecular complexity index is 454. The first-order chi connectivity index (χ1) is 7.81. The average molecular weight is 239 g/mol. The van der Waals surface area contributed by atoms with Gasteiger partial charge in [-0.15, -0.1) is 11.6 Å². The number of aryl methyl sites for hydroxylation is 1. The Balaban J connectivity index is 2.08. The molecule has 6 heteroatoms.